The molecule has 2 aromatic rings. The number of methoxy groups -OCH3 is 1. The molecule has 2 rings (SSSR count). The van der Waals surface area contributed by atoms with Crippen LogP contribution in [-0.4, -0.2) is 23.2 Å². The van der Waals surface area contributed by atoms with Crippen LogP contribution in [0, 0.1) is 0 Å². The van der Waals surface area contributed by atoms with Crippen molar-refractivity contribution in [2.45, 2.75) is 13.2 Å². The number of ether oxygens (including phenoxy) is 1. The van der Waals surface area contributed by atoms with E-state index < -0.39 is 0 Å². The summed E-state index contributed by atoms with van der Waals surface area (Å²) in [5.41, 5.74) is 1.93. The lowest BCUT2D eigenvalue weighted by atomic mass is 10.1. The second kappa shape index (κ2) is 6.76. The maximum absolute atomic E-state index is 12.0. The Morgan fingerprint density at radius 2 is 1.81 bits per heavy atom. The van der Waals surface area contributed by atoms with E-state index in [9.17, 15) is 9.90 Å². The van der Waals surface area contributed by atoms with Crippen LogP contribution < -0.4 is 10.1 Å². The van der Waals surface area contributed by atoms with Crippen LogP contribution in [0.5, 0.6) is 11.5 Å². The van der Waals surface area contributed by atoms with E-state index in [-0.39, 0.29) is 23.8 Å². The third-order valence-corrected chi connectivity index (χ3v) is 3.11. The fraction of sp³-hybridized carbons (Fsp3) is 0.188. The molecule has 21 heavy (non-hydrogen) atoms. The van der Waals surface area contributed by atoms with Crippen molar-refractivity contribution in [2.24, 2.45) is 0 Å². The summed E-state index contributed by atoms with van der Waals surface area (Å²) < 4.78 is 4.97. The van der Waals surface area contributed by atoms with Gasteiger partial charge in [-0.25, -0.2) is 0 Å². The molecule has 0 saturated heterocycles. The average Bonchev–Trinajstić information content (AvgIpc) is 2.52. The van der Waals surface area contributed by atoms with Crippen LogP contribution in [0.1, 0.15) is 21.5 Å². The number of nitrogens with one attached hydrogen (secondary N) is 1. The molecule has 0 aliphatic rings. The van der Waals surface area contributed by atoms with Gasteiger partial charge in [0.25, 0.3) is 5.91 Å². The van der Waals surface area contributed by atoms with E-state index in [1.54, 1.807) is 18.2 Å². The summed E-state index contributed by atoms with van der Waals surface area (Å²) in [6.45, 7) is 0.336. The summed E-state index contributed by atoms with van der Waals surface area (Å²) in [4.78, 5) is 12.0. The van der Waals surface area contributed by atoms with Crippen molar-refractivity contribution in [3.05, 3.63) is 59.2 Å². The largest absolute Gasteiger partial charge is 0.507 e. The van der Waals surface area contributed by atoms with Crippen molar-refractivity contribution in [1.82, 2.24) is 5.32 Å². The molecule has 3 N–H and O–H groups in total. The number of hydrogen-bond acceptors (Lipinski definition) is 4. The molecule has 0 bridgehead atoms. The Morgan fingerprint density at radius 3 is 2.38 bits per heavy atom. The van der Waals surface area contributed by atoms with Crippen molar-refractivity contribution in [3.8, 4) is 11.5 Å². The Kier molecular flexibility index (Phi) is 4.79. The number of aromatic hydroxyl groups is 1. The zero-order valence-electron chi connectivity index (χ0n) is 11.7. The Morgan fingerprint density at radius 1 is 1.14 bits per heavy atom. The van der Waals surface area contributed by atoms with E-state index >= 15 is 0 Å². The van der Waals surface area contributed by atoms with Gasteiger partial charge >= 0.3 is 0 Å². The first kappa shape index (κ1) is 14.9. The zero-order valence-corrected chi connectivity index (χ0v) is 11.7. The molecule has 0 fully saturated rings. The highest BCUT2D eigenvalue weighted by molar-refractivity contribution is 5.96. The first-order valence-corrected chi connectivity index (χ1v) is 6.48. The highest BCUT2D eigenvalue weighted by Crippen LogP contribution is 2.23. The van der Waals surface area contributed by atoms with Crippen LogP contribution >= 0.6 is 0 Å². The third kappa shape index (κ3) is 3.73. The zero-order chi connectivity index (χ0) is 15.2. The maximum Gasteiger partial charge on any atom is 0.255 e. The summed E-state index contributed by atoms with van der Waals surface area (Å²) in [7, 11) is 1.49. The Balaban J connectivity index is 2.00. The van der Waals surface area contributed by atoms with Crippen LogP contribution in [0.15, 0.2) is 42.5 Å². The fourth-order valence-electron chi connectivity index (χ4n) is 1.87. The molecule has 0 aromatic heterocycles. The normalized spacial score (nSPS) is 10.2. The van der Waals surface area contributed by atoms with E-state index in [2.05, 4.69) is 5.32 Å². The Bertz CT molecular complexity index is 623. The summed E-state index contributed by atoms with van der Waals surface area (Å²) >= 11 is 0. The van der Waals surface area contributed by atoms with Crippen molar-refractivity contribution in [1.29, 1.82) is 0 Å². The van der Waals surface area contributed by atoms with E-state index in [0.29, 0.717) is 12.3 Å². The number of carbonyl (C=O) groups is 1. The van der Waals surface area contributed by atoms with Gasteiger partial charge in [0.05, 0.1) is 19.3 Å². The number of aliphatic hydroxyl groups is 1. The lowest BCUT2D eigenvalue weighted by Gasteiger charge is -2.08. The average molecular weight is 287 g/mol. The lowest BCUT2D eigenvalue weighted by Crippen LogP contribution is -2.22. The molecule has 0 spiro atoms. The monoisotopic (exact) mass is 287 g/mol. The number of phenols is 1. The predicted molar refractivity (Wildman–Crippen MR) is 78.2 cm³/mol. The minimum absolute atomic E-state index is 0.00758. The third-order valence-electron chi connectivity index (χ3n) is 3.11. The van der Waals surface area contributed by atoms with Crippen LogP contribution in [-0.2, 0) is 13.2 Å². The minimum atomic E-state index is -0.360. The van der Waals surface area contributed by atoms with Gasteiger partial charge in [0.2, 0.25) is 0 Å². The van der Waals surface area contributed by atoms with Crippen LogP contribution in [0.3, 0.4) is 0 Å². The number of benzene rings is 2. The number of rotatable bonds is 5. The highest BCUT2D eigenvalue weighted by atomic mass is 16.5. The molecule has 0 radical (unpaired) electrons. The van der Waals surface area contributed by atoms with Gasteiger partial charge in [-0.1, -0.05) is 24.3 Å². The molecular weight excluding hydrogens is 270 g/mol. The van der Waals surface area contributed by atoms with Gasteiger partial charge in [0, 0.05) is 12.6 Å². The van der Waals surface area contributed by atoms with E-state index in [1.807, 2.05) is 12.1 Å². The van der Waals surface area contributed by atoms with Gasteiger partial charge in [-0.3, -0.25) is 4.79 Å². The van der Waals surface area contributed by atoms with Crippen LogP contribution in [0.25, 0.3) is 0 Å². The standard InChI is InChI=1S/C16H17NO4/c1-21-13-6-7-14(15(19)8-13)16(20)17-9-11-2-4-12(10-18)5-3-11/h2-8,18-19H,9-10H2,1H3,(H,17,20). The predicted octanol–water partition coefficient (Wildman–Crippen LogP) is 1.82. The van der Waals surface area contributed by atoms with Crippen molar-refractivity contribution in [3.63, 3.8) is 0 Å². The van der Waals surface area contributed by atoms with Crippen LogP contribution in [0.2, 0.25) is 0 Å². The SMILES string of the molecule is COc1ccc(C(=O)NCc2ccc(CO)cc2)c(O)c1. The maximum atomic E-state index is 12.0. The summed E-state index contributed by atoms with van der Waals surface area (Å²) in [5.74, 6) is 0.00695. The molecule has 5 nitrogen and oxygen atoms in total. The summed E-state index contributed by atoms with van der Waals surface area (Å²) in [5, 5.41) is 21.5. The minimum Gasteiger partial charge on any atom is -0.507 e. The Hall–Kier alpha value is -2.53. The number of amides is 1. The fourth-order valence-corrected chi connectivity index (χ4v) is 1.87. The molecule has 0 aliphatic carbocycles. The molecule has 2 aromatic carbocycles. The number of carbonyl (C=O) groups excluding carboxylic acids is 1. The molecule has 5 heteroatoms. The second-order valence-corrected chi connectivity index (χ2v) is 4.54. The van der Waals surface area contributed by atoms with E-state index in [4.69, 9.17) is 9.84 Å². The molecule has 0 heterocycles. The molecule has 1 amide bonds. The summed E-state index contributed by atoms with van der Waals surface area (Å²) in [6, 6.07) is 11.8. The molecule has 110 valence electrons. The number of hydrogen-bond donors (Lipinski definition) is 3. The van der Waals surface area contributed by atoms with Gasteiger partial charge in [-0.15, -0.1) is 0 Å². The van der Waals surface area contributed by atoms with Gasteiger partial charge in [-0.2, -0.15) is 0 Å². The Labute approximate surface area is 122 Å². The number of aliphatic hydroxyl groups excluding tert-OH is 1. The van der Waals surface area contributed by atoms with Crippen molar-refractivity contribution in [2.75, 3.05) is 7.11 Å². The molecule has 0 saturated carbocycles. The number of phenolic OH excluding ortho intramolecular Hbond substituents is 1. The molecule has 0 unspecified atom stereocenters. The topological polar surface area (TPSA) is 78.8 Å². The molecule has 0 aliphatic heterocycles. The van der Waals surface area contributed by atoms with E-state index in [0.717, 1.165) is 11.1 Å². The van der Waals surface area contributed by atoms with Gasteiger partial charge in [0.15, 0.2) is 0 Å². The first-order chi connectivity index (χ1) is 10.1. The van der Waals surface area contributed by atoms with E-state index in [1.165, 1.54) is 19.2 Å². The first-order valence-electron chi connectivity index (χ1n) is 6.48. The van der Waals surface area contributed by atoms with Gasteiger partial charge in [0.1, 0.15) is 11.5 Å². The molecular formula is C16H17NO4. The van der Waals surface area contributed by atoms with Crippen molar-refractivity contribution >= 4 is 5.91 Å². The quantitative estimate of drug-likeness (QED) is 0.784. The smallest absolute Gasteiger partial charge is 0.255 e. The second-order valence-electron chi connectivity index (χ2n) is 4.54. The van der Waals surface area contributed by atoms with Gasteiger partial charge < -0.3 is 20.3 Å². The van der Waals surface area contributed by atoms with Crippen molar-refractivity contribution < 1.29 is 19.7 Å². The highest BCUT2D eigenvalue weighted by Gasteiger charge is 2.11. The van der Waals surface area contributed by atoms with Gasteiger partial charge in [-0.05, 0) is 23.3 Å². The molecule has 0 atom stereocenters. The van der Waals surface area contributed by atoms with Crippen LogP contribution in [0.4, 0.5) is 0 Å². The summed E-state index contributed by atoms with van der Waals surface area (Å²) in [6.07, 6.45) is 0. The lowest BCUT2D eigenvalue weighted by molar-refractivity contribution is 0.0948.